The number of benzene rings is 2. The highest BCUT2D eigenvalue weighted by molar-refractivity contribution is 7.99. The molecular formula is C20H14FNOS. The van der Waals surface area contributed by atoms with Gasteiger partial charge >= 0.3 is 0 Å². The summed E-state index contributed by atoms with van der Waals surface area (Å²) in [5.74, 6) is 6.32. The summed E-state index contributed by atoms with van der Waals surface area (Å²) in [6, 6.07) is 14.9. The Morgan fingerprint density at radius 1 is 1.12 bits per heavy atom. The van der Waals surface area contributed by atoms with E-state index in [9.17, 15) is 4.39 Å². The van der Waals surface area contributed by atoms with E-state index in [1.165, 1.54) is 6.07 Å². The number of hydrogen-bond donors (Lipinski definition) is 0. The van der Waals surface area contributed by atoms with Gasteiger partial charge in [-0.2, -0.15) is 0 Å². The van der Waals surface area contributed by atoms with Crippen LogP contribution in [0.25, 0.3) is 0 Å². The molecule has 0 amide bonds. The highest BCUT2D eigenvalue weighted by Crippen LogP contribution is 2.46. The highest BCUT2D eigenvalue weighted by Gasteiger charge is 2.26. The monoisotopic (exact) mass is 335 g/mol. The van der Waals surface area contributed by atoms with Gasteiger partial charge < -0.3 is 4.74 Å². The summed E-state index contributed by atoms with van der Waals surface area (Å²) in [7, 11) is 0. The van der Waals surface area contributed by atoms with E-state index in [-0.39, 0.29) is 11.1 Å². The van der Waals surface area contributed by atoms with Gasteiger partial charge in [-0.3, -0.25) is 0 Å². The molecule has 2 aromatic carbocycles. The van der Waals surface area contributed by atoms with Crippen LogP contribution in [0.1, 0.15) is 17.2 Å². The van der Waals surface area contributed by atoms with Gasteiger partial charge in [0.05, 0.1) is 11.4 Å². The first-order valence-electron chi connectivity index (χ1n) is 7.70. The van der Waals surface area contributed by atoms with Crippen molar-refractivity contribution < 1.29 is 9.13 Å². The molecule has 118 valence electrons. The Bertz CT molecular complexity index is 907. The number of hydrogen-bond acceptors (Lipinski definition) is 3. The Hall–Kier alpha value is -2.51. The van der Waals surface area contributed by atoms with Gasteiger partial charge in [0.25, 0.3) is 0 Å². The molecule has 0 aromatic heterocycles. The van der Waals surface area contributed by atoms with Crippen LogP contribution in [0, 0.1) is 17.7 Å². The number of halogens is 1. The van der Waals surface area contributed by atoms with Gasteiger partial charge in [0.2, 0.25) is 0 Å². The third kappa shape index (κ3) is 2.95. The molecule has 2 aliphatic rings. The largest absolute Gasteiger partial charge is 0.478 e. The van der Waals surface area contributed by atoms with Crippen molar-refractivity contribution in [1.82, 2.24) is 0 Å². The number of fused-ring (bicyclic) bond motifs is 1. The summed E-state index contributed by atoms with van der Waals surface area (Å²) in [4.78, 5) is 5.83. The van der Waals surface area contributed by atoms with Crippen molar-refractivity contribution in [2.75, 3.05) is 6.61 Å². The smallest absolute Gasteiger partial charge is 0.150 e. The molecule has 2 nitrogen and oxygen atoms in total. The van der Waals surface area contributed by atoms with Crippen LogP contribution in [0.4, 0.5) is 10.1 Å². The maximum absolute atomic E-state index is 14.3. The molecule has 0 radical (unpaired) electrons. The fraction of sp³-hybridized carbons (Fsp3) is 0.150. The van der Waals surface area contributed by atoms with Crippen molar-refractivity contribution in [2.45, 2.75) is 16.6 Å². The third-order valence-corrected chi connectivity index (χ3v) is 5.21. The van der Waals surface area contributed by atoms with E-state index >= 15 is 0 Å². The Morgan fingerprint density at radius 2 is 1.96 bits per heavy atom. The van der Waals surface area contributed by atoms with E-state index in [1.54, 1.807) is 23.9 Å². The van der Waals surface area contributed by atoms with Crippen LogP contribution in [-0.2, 0) is 4.74 Å². The van der Waals surface area contributed by atoms with Crippen LogP contribution in [0.5, 0.6) is 0 Å². The summed E-state index contributed by atoms with van der Waals surface area (Å²) >= 11 is 1.64. The predicted molar refractivity (Wildman–Crippen MR) is 95.0 cm³/mol. The van der Waals surface area contributed by atoms with E-state index < -0.39 is 0 Å². The first-order valence-corrected chi connectivity index (χ1v) is 8.58. The van der Waals surface area contributed by atoms with E-state index in [4.69, 9.17) is 9.73 Å². The lowest BCUT2D eigenvalue weighted by Gasteiger charge is -2.18. The van der Waals surface area contributed by atoms with Crippen LogP contribution in [0.3, 0.4) is 0 Å². The third-order valence-electron chi connectivity index (χ3n) is 3.91. The van der Waals surface area contributed by atoms with Crippen molar-refractivity contribution in [3.63, 3.8) is 0 Å². The van der Waals surface area contributed by atoms with Crippen LogP contribution in [0.15, 0.2) is 70.3 Å². The van der Waals surface area contributed by atoms with Gasteiger partial charge in [-0.05, 0) is 18.2 Å². The second-order valence-corrected chi connectivity index (χ2v) is 6.72. The molecule has 4 heteroatoms. The number of para-hydroxylation sites is 1. The summed E-state index contributed by atoms with van der Waals surface area (Å²) < 4.78 is 20.0. The topological polar surface area (TPSA) is 21.6 Å². The number of ether oxygens (including phenoxy) is 1. The van der Waals surface area contributed by atoms with Crippen molar-refractivity contribution in [3.05, 3.63) is 71.7 Å². The molecule has 0 fully saturated rings. The molecule has 24 heavy (non-hydrogen) atoms. The molecule has 0 aliphatic carbocycles. The van der Waals surface area contributed by atoms with Gasteiger partial charge in [-0.1, -0.05) is 42.2 Å². The fourth-order valence-electron chi connectivity index (χ4n) is 2.76. The number of thioether (sulfide) groups is 1. The molecule has 2 aromatic rings. The minimum atomic E-state index is -0.188. The zero-order chi connectivity index (χ0) is 16.4. The second-order valence-electron chi connectivity index (χ2n) is 5.48. The van der Waals surface area contributed by atoms with E-state index in [0.29, 0.717) is 24.4 Å². The maximum Gasteiger partial charge on any atom is 0.150 e. The molecule has 2 aliphatic heterocycles. The molecular weight excluding hydrogens is 321 g/mol. The van der Waals surface area contributed by atoms with Gasteiger partial charge in [0.15, 0.2) is 5.76 Å². The van der Waals surface area contributed by atoms with Crippen molar-refractivity contribution in [2.24, 2.45) is 4.99 Å². The summed E-state index contributed by atoms with van der Waals surface area (Å²) in [6.07, 6.45) is 2.34. The Labute approximate surface area is 144 Å². The SMILES string of the molecule is Fc1ccccc1C1CC(C2=CC#CCO2)=Nc2ccccc2S1. The van der Waals surface area contributed by atoms with Crippen LogP contribution < -0.4 is 0 Å². The minimum Gasteiger partial charge on any atom is -0.478 e. The molecule has 1 unspecified atom stereocenters. The van der Waals surface area contributed by atoms with E-state index in [1.807, 2.05) is 36.4 Å². The second kappa shape index (κ2) is 6.54. The lowest BCUT2D eigenvalue weighted by Crippen LogP contribution is -2.12. The minimum absolute atomic E-state index is 0.0621. The number of nitrogens with zero attached hydrogens (tertiary/aromatic N) is 1. The number of allylic oxidation sites excluding steroid dienone is 2. The lowest BCUT2D eigenvalue weighted by molar-refractivity contribution is 0.272. The molecule has 0 saturated carbocycles. The fourth-order valence-corrected chi connectivity index (χ4v) is 4.01. The average molecular weight is 335 g/mol. The van der Waals surface area contributed by atoms with Gasteiger partial charge in [-0.25, -0.2) is 9.38 Å². The molecule has 0 saturated heterocycles. The zero-order valence-corrected chi connectivity index (χ0v) is 13.6. The molecule has 4 rings (SSSR count). The average Bonchev–Trinajstić information content (AvgIpc) is 2.82. The van der Waals surface area contributed by atoms with Crippen molar-refractivity contribution in [1.29, 1.82) is 0 Å². The number of aliphatic imine (C=N–C) groups is 1. The first kappa shape index (κ1) is 15.0. The molecule has 1 atom stereocenters. The van der Waals surface area contributed by atoms with E-state index in [0.717, 1.165) is 16.3 Å². The molecule has 0 bridgehead atoms. The number of rotatable bonds is 2. The Balaban J connectivity index is 1.80. The van der Waals surface area contributed by atoms with Crippen molar-refractivity contribution >= 4 is 23.2 Å². The highest BCUT2D eigenvalue weighted by atomic mass is 32.2. The normalized spacial score (nSPS) is 19.0. The lowest BCUT2D eigenvalue weighted by atomic mass is 10.0. The summed E-state index contributed by atoms with van der Waals surface area (Å²) in [5, 5.41) is -0.0621. The van der Waals surface area contributed by atoms with Crippen LogP contribution >= 0.6 is 11.8 Å². The maximum atomic E-state index is 14.3. The summed E-state index contributed by atoms with van der Waals surface area (Å²) in [5.41, 5.74) is 2.39. The molecule has 0 N–H and O–H groups in total. The standard InChI is InChI=1S/C20H14FNOS/c21-15-8-2-1-7-14(15)20-13-17(18-10-5-6-12-23-18)22-16-9-3-4-11-19(16)24-20/h1-4,7-11,20H,12-13H2. The van der Waals surface area contributed by atoms with Crippen LogP contribution in [-0.4, -0.2) is 12.3 Å². The van der Waals surface area contributed by atoms with E-state index in [2.05, 4.69) is 11.8 Å². The van der Waals surface area contributed by atoms with Crippen LogP contribution in [0.2, 0.25) is 0 Å². The first-order chi connectivity index (χ1) is 11.8. The van der Waals surface area contributed by atoms with Gasteiger partial charge in [0, 0.05) is 28.2 Å². The molecule has 0 spiro atoms. The Morgan fingerprint density at radius 3 is 2.79 bits per heavy atom. The van der Waals surface area contributed by atoms with Gasteiger partial charge in [-0.15, -0.1) is 11.8 Å². The van der Waals surface area contributed by atoms with Gasteiger partial charge in [0.1, 0.15) is 12.4 Å². The quantitative estimate of drug-likeness (QED) is 0.716. The predicted octanol–water partition coefficient (Wildman–Crippen LogP) is 5.05. The summed E-state index contributed by atoms with van der Waals surface area (Å²) in [6.45, 7) is 0.365. The molecule has 2 heterocycles. The zero-order valence-electron chi connectivity index (χ0n) is 12.8. The Kier molecular flexibility index (Phi) is 4.10. The van der Waals surface area contributed by atoms with Crippen molar-refractivity contribution in [3.8, 4) is 11.8 Å².